The third-order valence-corrected chi connectivity index (χ3v) is 14.1. The normalized spacial score (nSPS) is 13.1. The minimum absolute atomic E-state index is 0.183. The van der Waals surface area contributed by atoms with Gasteiger partial charge in [-0.25, -0.2) is 9.97 Å². The lowest BCUT2D eigenvalue weighted by Gasteiger charge is -2.21. The van der Waals surface area contributed by atoms with Crippen LogP contribution in [-0.2, 0) is 5.41 Å². The molecule has 4 heterocycles. The molecular formula is C61H40N4O. The van der Waals surface area contributed by atoms with Crippen molar-refractivity contribution in [2.45, 2.75) is 19.3 Å². The van der Waals surface area contributed by atoms with E-state index in [1.54, 1.807) is 0 Å². The van der Waals surface area contributed by atoms with Gasteiger partial charge in [0.1, 0.15) is 11.2 Å². The molecule has 9 aromatic carbocycles. The van der Waals surface area contributed by atoms with E-state index in [1.165, 1.54) is 38.4 Å². The Morgan fingerprint density at radius 1 is 0.364 bits per heavy atom. The summed E-state index contributed by atoms with van der Waals surface area (Å²) in [6, 6.07) is 74.1. The highest BCUT2D eigenvalue weighted by Gasteiger charge is 2.36. The second-order valence-electron chi connectivity index (χ2n) is 18.2. The summed E-state index contributed by atoms with van der Waals surface area (Å²) in [6.45, 7) is 4.69. The Morgan fingerprint density at radius 2 is 0.970 bits per heavy atom. The molecule has 13 aromatic rings. The lowest BCUT2D eigenvalue weighted by molar-refractivity contribution is 0.661. The van der Waals surface area contributed by atoms with Crippen LogP contribution in [-0.4, -0.2) is 19.1 Å². The maximum absolute atomic E-state index is 6.45. The Labute approximate surface area is 380 Å². The SMILES string of the molecule is CC1(C)c2ccccc2-c2cc3c4ccc(-c5ccc6c(c5)c5cc7c(cc5n6-c5ccccc5)oc5ccccc57)cc4n(-c4nc(-c5ccccc5)cc(-c5ccccc5)n4)c3cc21. The number of aromatic nitrogens is 4. The van der Waals surface area contributed by atoms with Gasteiger partial charge in [0.05, 0.1) is 33.5 Å². The zero-order valence-corrected chi connectivity index (χ0v) is 36.3. The Balaban J connectivity index is 1.04. The smallest absolute Gasteiger partial charge is 0.235 e. The van der Waals surface area contributed by atoms with Crippen molar-refractivity contribution in [2.75, 3.05) is 0 Å². The number of fused-ring (bicyclic) bond motifs is 12. The number of hydrogen-bond donors (Lipinski definition) is 0. The third-order valence-electron chi connectivity index (χ3n) is 14.1. The molecule has 66 heavy (non-hydrogen) atoms. The first kappa shape index (κ1) is 36.9. The Morgan fingerprint density at radius 3 is 1.74 bits per heavy atom. The van der Waals surface area contributed by atoms with Crippen LogP contribution in [0.1, 0.15) is 25.0 Å². The average molecular weight is 845 g/mol. The first-order chi connectivity index (χ1) is 32.5. The molecule has 0 fully saturated rings. The standard InChI is InChI=1S/C61H40N4O/c1-61(2)50-24-14-12-22-42(50)45-32-47-43-28-26-40(31-55(43)65(56(47)34-51(45)61)60-62-52(37-16-6-3-7-17-37)35-53(63-60)38-18-8-4-9-19-38)39-27-29-54-46(30-39)48-33-49-44-23-13-15-25-58(44)66-59(49)36-57(48)64(54)41-20-10-5-11-21-41/h3-36H,1-2H3. The molecule has 0 atom stereocenters. The Hall–Kier alpha value is -8.54. The first-order valence-corrected chi connectivity index (χ1v) is 22.6. The second-order valence-corrected chi connectivity index (χ2v) is 18.2. The van der Waals surface area contributed by atoms with E-state index < -0.39 is 0 Å². The van der Waals surface area contributed by atoms with Crippen molar-refractivity contribution in [3.05, 3.63) is 217 Å². The number of hydrogen-bond acceptors (Lipinski definition) is 3. The molecule has 1 aliphatic rings. The van der Waals surface area contributed by atoms with Gasteiger partial charge in [-0.1, -0.05) is 153 Å². The van der Waals surface area contributed by atoms with E-state index in [-0.39, 0.29) is 5.41 Å². The third kappa shape index (κ3) is 5.34. The van der Waals surface area contributed by atoms with Crippen LogP contribution in [0.3, 0.4) is 0 Å². The second kappa shape index (κ2) is 13.7. The summed E-state index contributed by atoms with van der Waals surface area (Å²) >= 11 is 0. The van der Waals surface area contributed by atoms with Crippen LogP contribution in [0.15, 0.2) is 211 Å². The molecule has 0 aliphatic heterocycles. The number of rotatable bonds is 5. The van der Waals surface area contributed by atoms with Crippen LogP contribution < -0.4 is 0 Å². The van der Waals surface area contributed by atoms with Crippen LogP contribution in [0.25, 0.3) is 122 Å². The van der Waals surface area contributed by atoms with Crippen molar-refractivity contribution >= 4 is 65.6 Å². The molecule has 5 heteroatoms. The molecule has 0 spiro atoms. The highest BCUT2D eigenvalue weighted by Crippen LogP contribution is 2.51. The molecule has 14 rings (SSSR count). The van der Waals surface area contributed by atoms with Crippen LogP contribution in [0.5, 0.6) is 0 Å². The summed E-state index contributed by atoms with van der Waals surface area (Å²) in [5.41, 5.74) is 18.4. The van der Waals surface area contributed by atoms with Crippen LogP contribution in [0.2, 0.25) is 0 Å². The van der Waals surface area contributed by atoms with Crippen molar-refractivity contribution in [2.24, 2.45) is 0 Å². The lowest BCUT2D eigenvalue weighted by Crippen LogP contribution is -2.15. The summed E-state index contributed by atoms with van der Waals surface area (Å²) in [6.07, 6.45) is 0. The maximum atomic E-state index is 6.45. The lowest BCUT2D eigenvalue weighted by atomic mass is 9.82. The van der Waals surface area contributed by atoms with Gasteiger partial charge in [0.25, 0.3) is 0 Å². The van der Waals surface area contributed by atoms with Gasteiger partial charge in [-0.3, -0.25) is 4.57 Å². The topological polar surface area (TPSA) is 48.8 Å². The molecule has 5 nitrogen and oxygen atoms in total. The number of benzene rings is 9. The predicted molar refractivity (Wildman–Crippen MR) is 272 cm³/mol. The molecule has 0 amide bonds. The van der Waals surface area contributed by atoms with E-state index in [1.807, 2.05) is 6.07 Å². The highest BCUT2D eigenvalue weighted by molar-refractivity contribution is 6.18. The summed E-state index contributed by atoms with van der Waals surface area (Å²) < 4.78 is 11.1. The molecular weight excluding hydrogens is 805 g/mol. The quantitative estimate of drug-likeness (QED) is 0.173. The van der Waals surface area contributed by atoms with Crippen molar-refractivity contribution < 1.29 is 4.42 Å². The first-order valence-electron chi connectivity index (χ1n) is 22.6. The molecule has 0 saturated heterocycles. The average Bonchev–Trinajstić information content (AvgIpc) is 4.07. The van der Waals surface area contributed by atoms with Crippen molar-refractivity contribution in [3.63, 3.8) is 0 Å². The molecule has 1 aliphatic carbocycles. The fraction of sp³-hybridized carbons (Fsp3) is 0.0492. The minimum Gasteiger partial charge on any atom is -0.456 e. The molecule has 4 aromatic heterocycles. The zero-order valence-electron chi connectivity index (χ0n) is 36.3. The van der Waals surface area contributed by atoms with Gasteiger partial charge in [0.2, 0.25) is 5.95 Å². The molecule has 0 saturated carbocycles. The van der Waals surface area contributed by atoms with Crippen molar-refractivity contribution in [3.8, 4) is 56.4 Å². The maximum Gasteiger partial charge on any atom is 0.235 e. The Kier molecular flexibility index (Phi) is 7.68. The summed E-state index contributed by atoms with van der Waals surface area (Å²) in [5.74, 6) is 0.637. The predicted octanol–water partition coefficient (Wildman–Crippen LogP) is 15.9. The van der Waals surface area contributed by atoms with E-state index in [0.717, 1.165) is 88.7 Å². The molecule has 0 N–H and O–H groups in total. The number of furan rings is 1. The highest BCUT2D eigenvalue weighted by atomic mass is 16.3. The van der Waals surface area contributed by atoms with Gasteiger partial charge in [0, 0.05) is 60.6 Å². The van der Waals surface area contributed by atoms with Gasteiger partial charge in [-0.15, -0.1) is 0 Å². The van der Waals surface area contributed by atoms with E-state index in [4.69, 9.17) is 14.4 Å². The van der Waals surface area contributed by atoms with Gasteiger partial charge < -0.3 is 8.98 Å². The summed E-state index contributed by atoms with van der Waals surface area (Å²) in [7, 11) is 0. The number of nitrogens with zero attached hydrogens (tertiary/aromatic N) is 4. The number of para-hydroxylation sites is 2. The molecule has 0 unspecified atom stereocenters. The van der Waals surface area contributed by atoms with E-state index in [2.05, 4.69) is 223 Å². The van der Waals surface area contributed by atoms with E-state index in [9.17, 15) is 0 Å². The molecule has 0 bridgehead atoms. The van der Waals surface area contributed by atoms with Crippen molar-refractivity contribution in [1.29, 1.82) is 0 Å². The van der Waals surface area contributed by atoms with Crippen LogP contribution in [0, 0.1) is 0 Å². The van der Waals surface area contributed by atoms with Crippen molar-refractivity contribution in [1.82, 2.24) is 19.1 Å². The van der Waals surface area contributed by atoms with Crippen LogP contribution >= 0.6 is 0 Å². The van der Waals surface area contributed by atoms with Gasteiger partial charge >= 0.3 is 0 Å². The van der Waals surface area contributed by atoms with Gasteiger partial charge in [-0.2, -0.15) is 0 Å². The van der Waals surface area contributed by atoms with Gasteiger partial charge in [0.15, 0.2) is 0 Å². The van der Waals surface area contributed by atoms with Crippen LogP contribution in [0.4, 0.5) is 0 Å². The van der Waals surface area contributed by atoms with E-state index >= 15 is 0 Å². The Bertz CT molecular complexity index is 4060. The fourth-order valence-electron chi connectivity index (χ4n) is 10.9. The van der Waals surface area contributed by atoms with E-state index in [0.29, 0.717) is 5.95 Å². The molecule has 310 valence electrons. The zero-order chi connectivity index (χ0) is 43.7. The largest absolute Gasteiger partial charge is 0.456 e. The summed E-state index contributed by atoms with van der Waals surface area (Å²) in [5, 5.41) is 6.94. The summed E-state index contributed by atoms with van der Waals surface area (Å²) in [4.78, 5) is 10.9. The fourth-order valence-corrected chi connectivity index (χ4v) is 10.9. The minimum atomic E-state index is -0.183. The molecule has 0 radical (unpaired) electrons. The van der Waals surface area contributed by atoms with Gasteiger partial charge in [-0.05, 0) is 94.0 Å². The monoisotopic (exact) mass is 844 g/mol.